The minimum absolute atomic E-state index is 0.354. The fourth-order valence-corrected chi connectivity index (χ4v) is 3.05. The highest BCUT2D eigenvalue weighted by molar-refractivity contribution is 6.08. The van der Waals surface area contributed by atoms with E-state index in [0.717, 1.165) is 34.3 Å². The van der Waals surface area contributed by atoms with E-state index < -0.39 is 5.91 Å². The number of nitrogens with two attached hydrogens (primary N) is 1. The van der Waals surface area contributed by atoms with Gasteiger partial charge in [-0.3, -0.25) is 14.5 Å². The molecule has 6 nitrogen and oxygen atoms in total. The van der Waals surface area contributed by atoms with Crippen LogP contribution in [0.4, 0.5) is 11.4 Å². The fourth-order valence-electron chi connectivity index (χ4n) is 3.05. The van der Waals surface area contributed by atoms with E-state index in [1.165, 1.54) is 6.20 Å². The van der Waals surface area contributed by atoms with Gasteiger partial charge >= 0.3 is 0 Å². The standard InChI is InChI=1S/C21H19N5O/c1-2-26-13-15(11-24-26)14-8-9-19-17(10-14)20(18(12-23-19)21(22)27)25-16-6-4-3-5-7-16/h3-13H,2H2,1H3,(H2,22,27)(H,23,25). The van der Waals surface area contributed by atoms with Crippen LogP contribution in [0.2, 0.25) is 0 Å². The zero-order chi connectivity index (χ0) is 18.8. The van der Waals surface area contributed by atoms with Crippen molar-refractivity contribution < 1.29 is 4.79 Å². The first-order chi connectivity index (χ1) is 13.2. The fraction of sp³-hybridized carbons (Fsp3) is 0.0952. The number of hydrogen-bond acceptors (Lipinski definition) is 4. The smallest absolute Gasteiger partial charge is 0.252 e. The first-order valence-electron chi connectivity index (χ1n) is 8.73. The lowest BCUT2D eigenvalue weighted by Gasteiger charge is -2.14. The molecule has 0 atom stereocenters. The maximum absolute atomic E-state index is 12.0. The zero-order valence-corrected chi connectivity index (χ0v) is 14.9. The van der Waals surface area contributed by atoms with Crippen LogP contribution in [0.5, 0.6) is 0 Å². The summed E-state index contributed by atoms with van der Waals surface area (Å²) < 4.78 is 1.88. The minimum atomic E-state index is -0.521. The molecule has 0 saturated heterocycles. The molecule has 0 bridgehead atoms. The zero-order valence-electron chi connectivity index (χ0n) is 14.9. The summed E-state index contributed by atoms with van der Waals surface area (Å²) >= 11 is 0. The largest absolute Gasteiger partial charge is 0.365 e. The number of nitrogens with one attached hydrogen (secondary N) is 1. The molecule has 0 radical (unpaired) electrons. The molecule has 134 valence electrons. The number of amides is 1. The van der Waals surface area contributed by atoms with Crippen LogP contribution in [0.1, 0.15) is 17.3 Å². The van der Waals surface area contributed by atoms with Gasteiger partial charge in [-0.25, -0.2) is 0 Å². The topological polar surface area (TPSA) is 85.8 Å². The maximum Gasteiger partial charge on any atom is 0.252 e. The van der Waals surface area contributed by atoms with Crippen molar-refractivity contribution in [2.45, 2.75) is 13.5 Å². The van der Waals surface area contributed by atoms with E-state index in [1.807, 2.05) is 72.5 Å². The molecule has 0 unspecified atom stereocenters. The molecule has 2 aromatic carbocycles. The van der Waals surface area contributed by atoms with Gasteiger partial charge in [0.2, 0.25) is 0 Å². The molecule has 0 aliphatic carbocycles. The molecule has 4 aromatic rings. The van der Waals surface area contributed by atoms with Gasteiger partial charge in [0.05, 0.1) is 23.0 Å². The van der Waals surface area contributed by atoms with Gasteiger partial charge in [-0.05, 0) is 36.8 Å². The lowest BCUT2D eigenvalue weighted by Crippen LogP contribution is -2.14. The Bertz CT molecular complexity index is 1120. The molecule has 27 heavy (non-hydrogen) atoms. The van der Waals surface area contributed by atoms with Crippen molar-refractivity contribution in [3.8, 4) is 11.1 Å². The third-order valence-corrected chi connectivity index (χ3v) is 4.47. The number of fused-ring (bicyclic) bond motifs is 1. The van der Waals surface area contributed by atoms with E-state index in [9.17, 15) is 4.79 Å². The van der Waals surface area contributed by atoms with E-state index in [4.69, 9.17) is 5.73 Å². The Balaban J connectivity index is 1.89. The Morgan fingerprint density at radius 1 is 1.11 bits per heavy atom. The predicted octanol–water partition coefficient (Wildman–Crippen LogP) is 3.96. The molecule has 1 amide bonds. The van der Waals surface area contributed by atoms with E-state index in [0.29, 0.717) is 11.3 Å². The van der Waals surface area contributed by atoms with Crippen molar-refractivity contribution in [3.05, 3.63) is 72.7 Å². The first kappa shape index (κ1) is 16.8. The number of carbonyl (C=O) groups is 1. The van der Waals surface area contributed by atoms with Gasteiger partial charge in [-0.15, -0.1) is 0 Å². The van der Waals surface area contributed by atoms with Gasteiger partial charge in [0.25, 0.3) is 5.91 Å². The van der Waals surface area contributed by atoms with Crippen LogP contribution in [0.15, 0.2) is 67.1 Å². The molecule has 0 fully saturated rings. The van der Waals surface area contributed by atoms with Crippen LogP contribution in [0.25, 0.3) is 22.0 Å². The highest BCUT2D eigenvalue weighted by atomic mass is 16.1. The van der Waals surface area contributed by atoms with Gasteiger partial charge < -0.3 is 11.1 Å². The Labute approximate surface area is 156 Å². The summed E-state index contributed by atoms with van der Waals surface area (Å²) in [6.07, 6.45) is 5.35. The lowest BCUT2D eigenvalue weighted by molar-refractivity contribution is 0.100. The maximum atomic E-state index is 12.0. The van der Waals surface area contributed by atoms with Crippen molar-refractivity contribution in [1.82, 2.24) is 14.8 Å². The average Bonchev–Trinajstić information content (AvgIpc) is 3.18. The number of nitrogens with zero attached hydrogens (tertiary/aromatic N) is 3. The number of benzene rings is 2. The van der Waals surface area contributed by atoms with Crippen molar-refractivity contribution >= 4 is 28.2 Å². The van der Waals surface area contributed by atoms with Crippen molar-refractivity contribution in [2.24, 2.45) is 5.73 Å². The van der Waals surface area contributed by atoms with Gasteiger partial charge in [0.1, 0.15) is 0 Å². The highest BCUT2D eigenvalue weighted by Crippen LogP contribution is 2.32. The SMILES string of the molecule is CCn1cc(-c2ccc3ncc(C(N)=O)c(Nc4ccccc4)c3c2)cn1. The summed E-state index contributed by atoms with van der Waals surface area (Å²) in [5.74, 6) is -0.521. The van der Waals surface area contributed by atoms with Crippen LogP contribution in [-0.4, -0.2) is 20.7 Å². The van der Waals surface area contributed by atoms with E-state index in [2.05, 4.69) is 15.4 Å². The number of rotatable bonds is 5. The van der Waals surface area contributed by atoms with Crippen LogP contribution >= 0.6 is 0 Å². The van der Waals surface area contributed by atoms with E-state index >= 15 is 0 Å². The van der Waals surface area contributed by atoms with Crippen LogP contribution in [-0.2, 0) is 6.54 Å². The third kappa shape index (κ3) is 3.25. The van der Waals surface area contributed by atoms with Gasteiger partial charge in [-0.1, -0.05) is 24.3 Å². The number of pyridine rings is 1. The summed E-state index contributed by atoms with van der Waals surface area (Å²) in [7, 11) is 0. The second-order valence-corrected chi connectivity index (χ2v) is 6.22. The number of carbonyl (C=O) groups excluding carboxylic acids is 1. The second kappa shape index (κ2) is 6.92. The number of aromatic nitrogens is 3. The highest BCUT2D eigenvalue weighted by Gasteiger charge is 2.15. The monoisotopic (exact) mass is 357 g/mol. The summed E-state index contributed by atoms with van der Waals surface area (Å²) in [5.41, 5.74) is 10.3. The summed E-state index contributed by atoms with van der Waals surface area (Å²) in [4.78, 5) is 16.4. The molecular formula is C21H19N5O. The Morgan fingerprint density at radius 2 is 1.93 bits per heavy atom. The summed E-state index contributed by atoms with van der Waals surface area (Å²) in [6.45, 7) is 2.85. The van der Waals surface area contributed by atoms with Gasteiger partial charge in [0.15, 0.2) is 0 Å². The normalized spacial score (nSPS) is 10.9. The first-order valence-corrected chi connectivity index (χ1v) is 8.73. The van der Waals surface area contributed by atoms with Crippen LogP contribution in [0, 0.1) is 0 Å². The number of para-hydroxylation sites is 1. The minimum Gasteiger partial charge on any atom is -0.365 e. The third-order valence-electron chi connectivity index (χ3n) is 4.47. The Kier molecular flexibility index (Phi) is 4.30. The van der Waals surface area contributed by atoms with E-state index in [-0.39, 0.29) is 0 Å². The van der Waals surface area contributed by atoms with E-state index in [1.54, 1.807) is 0 Å². The number of hydrogen-bond donors (Lipinski definition) is 2. The molecule has 2 aromatic heterocycles. The van der Waals surface area contributed by atoms with Gasteiger partial charge in [-0.2, -0.15) is 5.10 Å². The molecule has 6 heteroatoms. The number of primary amides is 1. The molecule has 0 spiro atoms. The van der Waals surface area contributed by atoms with Crippen molar-refractivity contribution in [2.75, 3.05) is 5.32 Å². The number of anilines is 2. The summed E-state index contributed by atoms with van der Waals surface area (Å²) in [6, 6.07) is 15.6. The quantitative estimate of drug-likeness (QED) is 0.566. The lowest BCUT2D eigenvalue weighted by atomic mass is 10.0. The Morgan fingerprint density at radius 3 is 2.63 bits per heavy atom. The Hall–Kier alpha value is -3.67. The molecular weight excluding hydrogens is 338 g/mol. The average molecular weight is 357 g/mol. The van der Waals surface area contributed by atoms with Crippen molar-refractivity contribution in [1.29, 1.82) is 0 Å². The van der Waals surface area contributed by atoms with Gasteiger partial charge in [0, 0.05) is 35.6 Å². The molecule has 0 aliphatic heterocycles. The predicted molar refractivity (Wildman–Crippen MR) is 107 cm³/mol. The van der Waals surface area contributed by atoms with Crippen LogP contribution < -0.4 is 11.1 Å². The summed E-state index contributed by atoms with van der Waals surface area (Å²) in [5, 5.41) is 8.50. The van der Waals surface area contributed by atoms with Crippen molar-refractivity contribution in [3.63, 3.8) is 0 Å². The molecule has 0 saturated carbocycles. The molecule has 0 aliphatic rings. The molecule has 2 heterocycles. The molecule has 3 N–H and O–H groups in total. The van der Waals surface area contributed by atoms with Crippen LogP contribution in [0.3, 0.4) is 0 Å². The molecule has 4 rings (SSSR count). The second-order valence-electron chi connectivity index (χ2n) is 6.22. The number of aryl methyl sites for hydroxylation is 1.